The van der Waals surface area contributed by atoms with Gasteiger partial charge in [0, 0.05) is 25.7 Å². The van der Waals surface area contributed by atoms with E-state index in [-0.39, 0.29) is 5.91 Å². The number of furan rings is 1. The van der Waals surface area contributed by atoms with Crippen molar-refractivity contribution < 1.29 is 9.21 Å². The van der Waals surface area contributed by atoms with Gasteiger partial charge in [-0.3, -0.25) is 4.79 Å². The number of benzene rings is 1. The van der Waals surface area contributed by atoms with Crippen LogP contribution in [0.5, 0.6) is 0 Å². The predicted molar refractivity (Wildman–Crippen MR) is 96.8 cm³/mol. The predicted octanol–water partition coefficient (Wildman–Crippen LogP) is 3.58. The largest absolute Gasteiger partial charge is 0.465 e. The van der Waals surface area contributed by atoms with Crippen molar-refractivity contribution >= 4 is 23.0 Å². The Balaban J connectivity index is 1.33. The molecule has 3 aromatic rings. The molecule has 1 aliphatic rings. The minimum Gasteiger partial charge on any atom is -0.465 e. The zero-order valence-corrected chi connectivity index (χ0v) is 14.0. The number of carbonyl (C=O) groups excluding carboxylic acids is 1. The number of amides is 1. The molecule has 1 fully saturated rings. The van der Waals surface area contributed by atoms with Crippen molar-refractivity contribution in [3.05, 3.63) is 60.8 Å². The molecule has 3 heterocycles. The molecular weight excluding hydrogens is 314 g/mol. The Morgan fingerprint density at radius 3 is 2.84 bits per heavy atom. The van der Waals surface area contributed by atoms with Crippen LogP contribution in [0.3, 0.4) is 0 Å². The number of nitrogens with zero attached hydrogens (tertiary/aromatic N) is 3. The molecule has 0 N–H and O–H groups in total. The first-order valence-corrected chi connectivity index (χ1v) is 8.70. The first-order chi connectivity index (χ1) is 12.3. The average molecular weight is 335 g/mol. The number of fused-ring (bicyclic) bond motifs is 1. The zero-order valence-electron chi connectivity index (χ0n) is 14.0. The quantitative estimate of drug-likeness (QED) is 0.685. The monoisotopic (exact) mass is 335 g/mol. The van der Waals surface area contributed by atoms with Gasteiger partial charge in [0.25, 0.3) is 0 Å². The fourth-order valence-electron chi connectivity index (χ4n) is 3.41. The average Bonchev–Trinajstić information content (AvgIpc) is 3.31. The summed E-state index contributed by atoms with van der Waals surface area (Å²) in [7, 11) is 0. The molecule has 1 aromatic carbocycles. The van der Waals surface area contributed by atoms with Crippen LogP contribution in [-0.2, 0) is 11.3 Å². The highest BCUT2D eigenvalue weighted by atomic mass is 16.3. The van der Waals surface area contributed by atoms with Crippen LogP contribution < -0.4 is 0 Å². The van der Waals surface area contributed by atoms with Gasteiger partial charge < -0.3 is 13.9 Å². The third-order valence-corrected chi connectivity index (χ3v) is 4.84. The number of piperidine rings is 1. The molecule has 0 aliphatic carbocycles. The summed E-state index contributed by atoms with van der Waals surface area (Å²) in [6.45, 7) is 2.57. The van der Waals surface area contributed by atoms with Gasteiger partial charge in [-0.05, 0) is 49.1 Å². The van der Waals surface area contributed by atoms with Crippen molar-refractivity contribution in [3.8, 4) is 0 Å². The first kappa shape index (κ1) is 15.7. The second-order valence-electron chi connectivity index (χ2n) is 6.50. The first-order valence-electron chi connectivity index (χ1n) is 8.70. The Morgan fingerprint density at radius 1 is 1.20 bits per heavy atom. The highest BCUT2D eigenvalue weighted by Crippen LogP contribution is 2.22. The topological polar surface area (TPSA) is 51.3 Å². The normalized spacial score (nSPS) is 16.1. The molecule has 5 nitrogen and oxygen atoms in total. The Hall–Kier alpha value is -2.82. The van der Waals surface area contributed by atoms with Crippen molar-refractivity contribution in [1.29, 1.82) is 0 Å². The number of rotatable bonds is 4. The van der Waals surface area contributed by atoms with Gasteiger partial charge in [-0.1, -0.05) is 12.1 Å². The lowest BCUT2D eigenvalue weighted by Crippen LogP contribution is -2.38. The number of hydrogen-bond acceptors (Lipinski definition) is 3. The second kappa shape index (κ2) is 6.97. The highest BCUT2D eigenvalue weighted by Gasteiger charge is 2.22. The van der Waals surface area contributed by atoms with Gasteiger partial charge >= 0.3 is 0 Å². The number of para-hydroxylation sites is 2. The van der Waals surface area contributed by atoms with E-state index in [1.807, 2.05) is 41.6 Å². The van der Waals surface area contributed by atoms with Crippen LogP contribution in [0.15, 0.2) is 59.5 Å². The molecule has 0 spiro atoms. The van der Waals surface area contributed by atoms with Crippen molar-refractivity contribution in [3.63, 3.8) is 0 Å². The lowest BCUT2D eigenvalue weighted by molar-refractivity contribution is -0.127. The van der Waals surface area contributed by atoms with Crippen LogP contribution in [0.25, 0.3) is 17.1 Å². The van der Waals surface area contributed by atoms with Crippen molar-refractivity contribution in [2.75, 3.05) is 13.1 Å². The van der Waals surface area contributed by atoms with Gasteiger partial charge in [-0.25, -0.2) is 4.98 Å². The maximum atomic E-state index is 12.3. The van der Waals surface area contributed by atoms with E-state index in [1.54, 1.807) is 18.4 Å². The number of hydrogen-bond donors (Lipinski definition) is 0. The number of carbonyl (C=O) groups is 1. The molecule has 25 heavy (non-hydrogen) atoms. The Bertz CT molecular complexity index is 871. The second-order valence-corrected chi connectivity index (χ2v) is 6.50. The summed E-state index contributed by atoms with van der Waals surface area (Å²) in [5, 5.41) is 0. The van der Waals surface area contributed by atoms with E-state index in [2.05, 4.69) is 15.6 Å². The number of aromatic nitrogens is 2. The molecule has 1 saturated heterocycles. The molecule has 128 valence electrons. The van der Waals surface area contributed by atoms with E-state index in [0.717, 1.165) is 38.0 Å². The van der Waals surface area contributed by atoms with E-state index in [0.29, 0.717) is 11.7 Å². The van der Waals surface area contributed by atoms with Gasteiger partial charge in [-0.2, -0.15) is 0 Å². The van der Waals surface area contributed by atoms with Crippen LogP contribution in [0.4, 0.5) is 0 Å². The van der Waals surface area contributed by atoms with E-state index in [9.17, 15) is 4.79 Å². The van der Waals surface area contributed by atoms with Crippen molar-refractivity contribution in [2.45, 2.75) is 19.4 Å². The van der Waals surface area contributed by atoms with Gasteiger partial charge in [0.05, 0.1) is 23.6 Å². The molecule has 0 bridgehead atoms. The molecule has 0 saturated carbocycles. The SMILES string of the molecule is O=C(/C=C/c1ccco1)N1CCC(Cn2cnc3ccccc32)CC1. The summed E-state index contributed by atoms with van der Waals surface area (Å²) in [6.07, 6.45) is 8.90. The molecule has 0 unspecified atom stereocenters. The summed E-state index contributed by atoms with van der Waals surface area (Å²) in [5.41, 5.74) is 2.22. The van der Waals surface area contributed by atoms with Crippen LogP contribution in [0.2, 0.25) is 0 Å². The standard InChI is InChI=1S/C20H21N3O2/c24-20(8-7-17-4-3-13-25-17)22-11-9-16(10-12-22)14-23-15-21-18-5-1-2-6-19(18)23/h1-8,13,15-16H,9-12,14H2/b8-7+. The fraction of sp³-hybridized carbons (Fsp3) is 0.300. The van der Waals surface area contributed by atoms with Crippen LogP contribution in [0, 0.1) is 5.92 Å². The summed E-state index contributed by atoms with van der Waals surface area (Å²) < 4.78 is 7.45. The molecule has 0 radical (unpaired) electrons. The van der Waals surface area contributed by atoms with Gasteiger partial charge in [0.2, 0.25) is 5.91 Å². The van der Waals surface area contributed by atoms with Crippen LogP contribution in [0.1, 0.15) is 18.6 Å². The van der Waals surface area contributed by atoms with Gasteiger partial charge in [0.15, 0.2) is 0 Å². The number of imidazole rings is 1. The lowest BCUT2D eigenvalue weighted by atomic mass is 9.96. The maximum absolute atomic E-state index is 12.3. The smallest absolute Gasteiger partial charge is 0.246 e. The molecule has 1 aliphatic heterocycles. The Morgan fingerprint density at radius 2 is 2.04 bits per heavy atom. The zero-order chi connectivity index (χ0) is 17.1. The third-order valence-electron chi connectivity index (χ3n) is 4.84. The summed E-state index contributed by atoms with van der Waals surface area (Å²) >= 11 is 0. The summed E-state index contributed by atoms with van der Waals surface area (Å²) in [6, 6.07) is 11.9. The molecule has 1 amide bonds. The van der Waals surface area contributed by atoms with E-state index in [1.165, 1.54) is 5.52 Å². The third kappa shape index (κ3) is 3.50. The summed E-state index contributed by atoms with van der Waals surface area (Å²) in [5.74, 6) is 1.34. The van der Waals surface area contributed by atoms with Crippen molar-refractivity contribution in [2.24, 2.45) is 5.92 Å². The molecule has 5 heteroatoms. The van der Waals surface area contributed by atoms with Crippen molar-refractivity contribution in [1.82, 2.24) is 14.5 Å². The van der Waals surface area contributed by atoms with E-state index >= 15 is 0 Å². The molecule has 0 atom stereocenters. The minimum atomic E-state index is 0.0583. The molecular formula is C20H21N3O2. The van der Waals surface area contributed by atoms with Gasteiger partial charge in [-0.15, -0.1) is 0 Å². The Kier molecular flexibility index (Phi) is 4.37. The van der Waals surface area contributed by atoms with Crippen LogP contribution >= 0.6 is 0 Å². The van der Waals surface area contributed by atoms with Gasteiger partial charge in [0.1, 0.15) is 5.76 Å². The maximum Gasteiger partial charge on any atom is 0.246 e. The fourth-order valence-corrected chi connectivity index (χ4v) is 3.41. The Labute approximate surface area is 146 Å². The van der Waals surface area contributed by atoms with Crippen LogP contribution in [-0.4, -0.2) is 33.4 Å². The summed E-state index contributed by atoms with van der Waals surface area (Å²) in [4.78, 5) is 18.6. The number of likely N-dealkylation sites (tertiary alicyclic amines) is 1. The molecule has 4 rings (SSSR count). The lowest BCUT2D eigenvalue weighted by Gasteiger charge is -2.31. The highest BCUT2D eigenvalue weighted by molar-refractivity contribution is 5.91. The van der Waals surface area contributed by atoms with E-state index < -0.39 is 0 Å². The minimum absolute atomic E-state index is 0.0583. The molecule has 2 aromatic heterocycles. The van der Waals surface area contributed by atoms with E-state index in [4.69, 9.17) is 4.42 Å².